The van der Waals surface area contributed by atoms with Crippen LogP contribution in [0.5, 0.6) is 0 Å². The maximum Gasteiger partial charge on any atom is 0.268 e. The second-order valence-corrected chi connectivity index (χ2v) is 6.04. The van der Waals surface area contributed by atoms with Crippen molar-refractivity contribution in [2.24, 2.45) is 7.05 Å². The van der Waals surface area contributed by atoms with Crippen molar-refractivity contribution in [1.82, 2.24) is 20.1 Å². The summed E-state index contributed by atoms with van der Waals surface area (Å²) in [6.07, 6.45) is 2.68. The molecule has 22 heavy (non-hydrogen) atoms. The van der Waals surface area contributed by atoms with Gasteiger partial charge in [0.2, 0.25) is 5.91 Å². The third-order valence-electron chi connectivity index (χ3n) is 4.61. The van der Waals surface area contributed by atoms with Gasteiger partial charge in [-0.15, -0.1) is 0 Å². The molecule has 3 atom stereocenters. The first-order valence-electron chi connectivity index (χ1n) is 7.67. The van der Waals surface area contributed by atoms with Crippen molar-refractivity contribution in [3.63, 3.8) is 0 Å². The van der Waals surface area contributed by atoms with Crippen LogP contribution >= 0.6 is 0 Å². The molecular formula is C15H22N4O3. The first-order valence-corrected chi connectivity index (χ1v) is 7.67. The molecule has 7 nitrogen and oxygen atoms in total. The molecule has 3 rings (SSSR count). The second kappa shape index (κ2) is 6.10. The summed E-state index contributed by atoms with van der Waals surface area (Å²) < 4.78 is 1.75. The maximum atomic E-state index is 12.2. The Morgan fingerprint density at radius 1 is 1.45 bits per heavy atom. The van der Waals surface area contributed by atoms with Crippen LogP contribution in [0.25, 0.3) is 0 Å². The number of aromatic nitrogens is 1. The fourth-order valence-electron chi connectivity index (χ4n) is 3.40. The fourth-order valence-corrected chi connectivity index (χ4v) is 3.40. The molecule has 2 heterocycles. The monoisotopic (exact) mass is 306 g/mol. The number of aliphatic hydroxyl groups excluding tert-OH is 1. The molecule has 3 N–H and O–H groups in total. The zero-order valence-corrected chi connectivity index (χ0v) is 12.7. The van der Waals surface area contributed by atoms with E-state index in [0.29, 0.717) is 18.8 Å². The molecule has 1 aromatic rings. The van der Waals surface area contributed by atoms with Gasteiger partial charge in [-0.05, 0) is 25.0 Å². The number of rotatable bonds is 3. The summed E-state index contributed by atoms with van der Waals surface area (Å²) in [6, 6.07) is 3.24. The Balaban J connectivity index is 1.61. The number of carbonyl (C=O) groups is 2. The molecule has 1 aliphatic carbocycles. The summed E-state index contributed by atoms with van der Waals surface area (Å²) in [7, 11) is 1.81. The molecule has 0 aromatic carbocycles. The molecule has 0 bridgehead atoms. The quantitative estimate of drug-likeness (QED) is 0.674. The highest BCUT2D eigenvalue weighted by molar-refractivity contribution is 5.93. The highest BCUT2D eigenvalue weighted by Gasteiger charge is 2.40. The van der Waals surface area contributed by atoms with Gasteiger partial charge in [0.1, 0.15) is 5.69 Å². The molecule has 2 amide bonds. The smallest absolute Gasteiger partial charge is 0.268 e. The van der Waals surface area contributed by atoms with Crippen molar-refractivity contribution in [3.05, 3.63) is 24.0 Å². The van der Waals surface area contributed by atoms with Crippen LogP contribution in [-0.2, 0) is 11.8 Å². The van der Waals surface area contributed by atoms with Crippen molar-refractivity contribution in [3.8, 4) is 0 Å². The molecule has 120 valence electrons. The van der Waals surface area contributed by atoms with Crippen molar-refractivity contribution < 1.29 is 14.7 Å². The first-order chi connectivity index (χ1) is 10.6. The SMILES string of the molecule is Cn1cccc1C(=O)N[C@@H]1CC[C@@H](N2CCNC(=O)C2)[C@@H]1O. The summed E-state index contributed by atoms with van der Waals surface area (Å²) in [6.45, 7) is 1.68. The number of amides is 2. The Morgan fingerprint density at radius 3 is 2.95 bits per heavy atom. The number of aryl methyl sites for hydroxylation is 1. The molecule has 0 unspecified atom stereocenters. The van der Waals surface area contributed by atoms with Crippen LogP contribution < -0.4 is 10.6 Å². The van der Waals surface area contributed by atoms with Crippen LogP contribution in [0.3, 0.4) is 0 Å². The number of hydrogen-bond acceptors (Lipinski definition) is 4. The Labute approximate surface area is 129 Å². The minimum absolute atomic E-state index is 0.00486. The number of hydrogen-bond donors (Lipinski definition) is 3. The van der Waals surface area contributed by atoms with E-state index in [9.17, 15) is 14.7 Å². The van der Waals surface area contributed by atoms with Crippen molar-refractivity contribution >= 4 is 11.8 Å². The average Bonchev–Trinajstić information content (AvgIpc) is 3.06. The van der Waals surface area contributed by atoms with Crippen molar-refractivity contribution in [2.75, 3.05) is 19.6 Å². The Hall–Kier alpha value is -1.86. The van der Waals surface area contributed by atoms with Crippen LogP contribution in [0.4, 0.5) is 0 Å². The summed E-state index contributed by atoms with van der Waals surface area (Å²) in [5.41, 5.74) is 0.577. The first kappa shape index (κ1) is 15.1. The normalized spacial score (nSPS) is 29.4. The lowest BCUT2D eigenvalue weighted by Gasteiger charge is -2.34. The van der Waals surface area contributed by atoms with E-state index < -0.39 is 6.10 Å². The van der Waals surface area contributed by atoms with Crippen LogP contribution in [-0.4, -0.2) is 64.2 Å². The minimum atomic E-state index is -0.643. The molecule has 2 fully saturated rings. The fraction of sp³-hybridized carbons (Fsp3) is 0.600. The highest BCUT2D eigenvalue weighted by Crippen LogP contribution is 2.25. The number of nitrogens with zero attached hydrogens (tertiary/aromatic N) is 2. The summed E-state index contributed by atoms with van der Waals surface area (Å²) in [5, 5.41) is 16.2. The second-order valence-electron chi connectivity index (χ2n) is 6.04. The summed E-state index contributed by atoms with van der Waals surface area (Å²) in [5.74, 6) is -0.177. The summed E-state index contributed by atoms with van der Waals surface area (Å²) >= 11 is 0. The number of aliphatic hydroxyl groups is 1. The standard InChI is InChI=1S/C15H22N4O3/c1-18-7-2-3-12(18)15(22)17-10-4-5-11(14(10)21)19-8-6-16-13(20)9-19/h2-3,7,10-11,14,21H,4-6,8-9H2,1H3,(H,16,20)(H,17,22)/t10-,11-,14-/m1/s1. The van der Waals surface area contributed by atoms with E-state index in [0.717, 1.165) is 19.4 Å². The van der Waals surface area contributed by atoms with Gasteiger partial charge in [0, 0.05) is 32.4 Å². The van der Waals surface area contributed by atoms with E-state index in [1.54, 1.807) is 10.6 Å². The van der Waals surface area contributed by atoms with Crippen molar-refractivity contribution in [2.45, 2.75) is 31.0 Å². The van der Waals surface area contributed by atoms with E-state index in [-0.39, 0.29) is 23.9 Å². The highest BCUT2D eigenvalue weighted by atomic mass is 16.3. The van der Waals surface area contributed by atoms with Crippen LogP contribution in [0.15, 0.2) is 18.3 Å². The number of carbonyl (C=O) groups excluding carboxylic acids is 2. The molecule has 0 spiro atoms. The van der Waals surface area contributed by atoms with Gasteiger partial charge in [-0.25, -0.2) is 0 Å². The van der Waals surface area contributed by atoms with Crippen LogP contribution in [0, 0.1) is 0 Å². The lowest BCUT2D eigenvalue weighted by Crippen LogP contribution is -2.55. The van der Waals surface area contributed by atoms with Gasteiger partial charge in [-0.2, -0.15) is 0 Å². The molecule has 1 aliphatic heterocycles. The minimum Gasteiger partial charge on any atom is -0.389 e. The molecule has 1 saturated heterocycles. The van der Waals surface area contributed by atoms with Gasteiger partial charge in [-0.1, -0.05) is 0 Å². The predicted molar refractivity (Wildman–Crippen MR) is 80.3 cm³/mol. The molecule has 1 aromatic heterocycles. The van der Waals surface area contributed by atoms with Gasteiger partial charge < -0.3 is 20.3 Å². The summed E-state index contributed by atoms with van der Waals surface area (Å²) in [4.78, 5) is 25.7. The Kier molecular flexibility index (Phi) is 4.17. The molecule has 1 saturated carbocycles. The van der Waals surface area contributed by atoms with Crippen molar-refractivity contribution in [1.29, 1.82) is 0 Å². The molecule has 2 aliphatic rings. The predicted octanol–water partition coefficient (Wildman–Crippen LogP) is -0.921. The van der Waals surface area contributed by atoms with Gasteiger partial charge >= 0.3 is 0 Å². The number of nitrogens with one attached hydrogen (secondary N) is 2. The third kappa shape index (κ3) is 2.86. The lowest BCUT2D eigenvalue weighted by atomic mass is 10.1. The van der Waals surface area contributed by atoms with Gasteiger partial charge in [-0.3, -0.25) is 14.5 Å². The van der Waals surface area contributed by atoms with Gasteiger partial charge in [0.25, 0.3) is 5.91 Å². The Bertz CT molecular complexity index is 571. The van der Waals surface area contributed by atoms with Gasteiger partial charge in [0.05, 0.1) is 18.7 Å². The average molecular weight is 306 g/mol. The van der Waals surface area contributed by atoms with Crippen LogP contribution in [0.2, 0.25) is 0 Å². The molecule has 0 radical (unpaired) electrons. The van der Waals surface area contributed by atoms with E-state index in [2.05, 4.69) is 10.6 Å². The number of piperazine rings is 1. The van der Waals surface area contributed by atoms with E-state index in [1.807, 2.05) is 24.2 Å². The zero-order chi connectivity index (χ0) is 15.7. The maximum absolute atomic E-state index is 12.2. The van der Waals surface area contributed by atoms with E-state index in [1.165, 1.54) is 0 Å². The topological polar surface area (TPSA) is 86.6 Å². The largest absolute Gasteiger partial charge is 0.389 e. The van der Waals surface area contributed by atoms with E-state index in [4.69, 9.17) is 0 Å². The Morgan fingerprint density at radius 2 is 2.27 bits per heavy atom. The third-order valence-corrected chi connectivity index (χ3v) is 4.61. The van der Waals surface area contributed by atoms with Crippen LogP contribution in [0.1, 0.15) is 23.3 Å². The molecular weight excluding hydrogens is 284 g/mol. The van der Waals surface area contributed by atoms with E-state index >= 15 is 0 Å². The van der Waals surface area contributed by atoms with Gasteiger partial charge in [0.15, 0.2) is 0 Å². The lowest BCUT2D eigenvalue weighted by molar-refractivity contribution is -0.125. The zero-order valence-electron chi connectivity index (χ0n) is 12.7. The molecule has 7 heteroatoms.